The lowest BCUT2D eigenvalue weighted by molar-refractivity contribution is -0.122. The van der Waals surface area contributed by atoms with Gasteiger partial charge in [-0.15, -0.1) is 0 Å². The molecular weight excluding hydrogens is 286 g/mol. The third-order valence-electron chi connectivity index (χ3n) is 5.05. The van der Waals surface area contributed by atoms with Crippen LogP contribution in [0.25, 0.3) is 0 Å². The van der Waals surface area contributed by atoms with Crippen LogP contribution in [0, 0.1) is 17.2 Å². The van der Waals surface area contributed by atoms with Crippen molar-refractivity contribution in [3.05, 3.63) is 35.9 Å². The van der Waals surface area contributed by atoms with Crippen LogP contribution in [-0.4, -0.2) is 24.0 Å². The van der Waals surface area contributed by atoms with E-state index in [-0.39, 0.29) is 18.4 Å². The van der Waals surface area contributed by atoms with Gasteiger partial charge in [-0.05, 0) is 37.2 Å². The van der Waals surface area contributed by atoms with E-state index in [1.165, 1.54) is 12.0 Å². The molecule has 1 amide bonds. The SMILES string of the molecule is CC(C)[C@](C)(C#N)NC(=O)CN[C@@H]1CCC[C@@H]1c1ccccc1. The van der Waals surface area contributed by atoms with Crippen LogP contribution in [0.5, 0.6) is 0 Å². The Labute approximate surface area is 139 Å². The van der Waals surface area contributed by atoms with E-state index in [0.717, 1.165) is 12.8 Å². The minimum absolute atomic E-state index is 0.0694. The Balaban J connectivity index is 1.90. The maximum absolute atomic E-state index is 12.2. The molecular formula is C19H27N3O. The monoisotopic (exact) mass is 313 g/mol. The summed E-state index contributed by atoms with van der Waals surface area (Å²) >= 11 is 0. The number of nitrogens with zero attached hydrogens (tertiary/aromatic N) is 1. The van der Waals surface area contributed by atoms with Crippen LogP contribution in [0.15, 0.2) is 30.3 Å². The number of carbonyl (C=O) groups excluding carboxylic acids is 1. The number of benzene rings is 1. The number of hydrogen-bond donors (Lipinski definition) is 2. The van der Waals surface area contributed by atoms with Crippen molar-refractivity contribution in [2.75, 3.05) is 6.54 Å². The fourth-order valence-corrected chi connectivity index (χ4v) is 3.16. The highest BCUT2D eigenvalue weighted by molar-refractivity contribution is 5.79. The number of carbonyl (C=O) groups is 1. The van der Waals surface area contributed by atoms with Gasteiger partial charge >= 0.3 is 0 Å². The topological polar surface area (TPSA) is 64.9 Å². The van der Waals surface area contributed by atoms with Gasteiger partial charge in [-0.2, -0.15) is 5.26 Å². The highest BCUT2D eigenvalue weighted by atomic mass is 16.2. The molecule has 1 aliphatic rings. The molecule has 3 atom stereocenters. The third kappa shape index (κ3) is 4.33. The first-order valence-electron chi connectivity index (χ1n) is 8.47. The molecule has 1 fully saturated rings. The number of nitrogens with one attached hydrogen (secondary N) is 2. The van der Waals surface area contributed by atoms with E-state index in [4.69, 9.17) is 0 Å². The molecule has 4 heteroatoms. The van der Waals surface area contributed by atoms with Crippen LogP contribution in [0.2, 0.25) is 0 Å². The van der Waals surface area contributed by atoms with E-state index < -0.39 is 5.54 Å². The minimum atomic E-state index is -0.812. The van der Waals surface area contributed by atoms with Crippen LogP contribution in [0.1, 0.15) is 51.5 Å². The largest absolute Gasteiger partial charge is 0.337 e. The molecule has 0 aliphatic heterocycles. The average molecular weight is 313 g/mol. The molecule has 1 aromatic carbocycles. The minimum Gasteiger partial charge on any atom is -0.337 e. The first-order chi connectivity index (χ1) is 11.0. The molecule has 1 saturated carbocycles. The summed E-state index contributed by atoms with van der Waals surface area (Å²) in [6, 6.07) is 13.0. The predicted molar refractivity (Wildman–Crippen MR) is 91.8 cm³/mol. The van der Waals surface area contributed by atoms with Crippen molar-refractivity contribution in [1.82, 2.24) is 10.6 Å². The molecule has 0 unspecified atom stereocenters. The Morgan fingerprint density at radius 2 is 2.04 bits per heavy atom. The van der Waals surface area contributed by atoms with E-state index in [2.05, 4.69) is 41.0 Å². The summed E-state index contributed by atoms with van der Waals surface area (Å²) in [7, 11) is 0. The van der Waals surface area contributed by atoms with Gasteiger partial charge in [0.25, 0.3) is 0 Å². The van der Waals surface area contributed by atoms with Crippen molar-refractivity contribution in [3.63, 3.8) is 0 Å². The summed E-state index contributed by atoms with van der Waals surface area (Å²) in [5.74, 6) is 0.429. The van der Waals surface area contributed by atoms with Crippen LogP contribution in [0.3, 0.4) is 0 Å². The third-order valence-corrected chi connectivity index (χ3v) is 5.05. The average Bonchev–Trinajstić information content (AvgIpc) is 3.02. The number of rotatable bonds is 6. The van der Waals surface area contributed by atoms with Gasteiger partial charge in [-0.3, -0.25) is 4.79 Å². The van der Waals surface area contributed by atoms with Crippen LogP contribution in [-0.2, 0) is 4.79 Å². The maximum Gasteiger partial charge on any atom is 0.235 e. The first kappa shape index (κ1) is 17.5. The second-order valence-electron chi connectivity index (χ2n) is 6.95. The van der Waals surface area contributed by atoms with Crippen LogP contribution >= 0.6 is 0 Å². The molecule has 2 rings (SSSR count). The molecule has 0 spiro atoms. The Bertz CT molecular complexity index is 564. The molecule has 1 aliphatic carbocycles. The number of amides is 1. The van der Waals surface area contributed by atoms with E-state index in [9.17, 15) is 10.1 Å². The van der Waals surface area contributed by atoms with E-state index in [1.807, 2.05) is 19.9 Å². The lowest BCUT2D eigenvalue weighted by Crippen LogP contribution is -2.52. The Hall–Kier alpha value is -1.86. The van der Waals surface area contributed by atoms with Crippen molar-refractivity contribution in [2.45, 2.75) is 57.5 Å². The summed E-state index contributed by atoms with van der Waals surface area (Å²) in [4.78, 5) is 12.2. The summed E-state index contributed by atoms with van der Waals surface area (Å²) in [6.45, 7) is 5.93. The van der Waals surface area contributed by atoms with Gasteiger partial charge in [-0.25, -0.2) is 0 Å². The smallest absolute Gasteiger partial charge is 0.235 e. The van der Waals surface area contributed by atoms with Gasteiger partial charge in [0.1, 0.15) is 5.54 Å². The molecule has 0 bridgehead atoms. The van der Waals surface area contributed by atoms with E-state index >= 15 is 0 Å². The molecule has 0 heterocycles. The molecule has 124 valence electrons. The molecule has 23 heavy (non-hydrogen) atoms. The van der Waals surface area contributed by atoms with E-state index in [0.29, 0.717) is 12.0 Å². The maximum atomic E-state index is 12.2. The second kappa shape index (κ2) is 7.61. The lowest BCUT2D eigenvalue weighted by atomic mass is 9.90. The molecule has 2 N–H and O–H groups in total. The molecule has 1 aromatic rings. The van der Waals surface area contributed by atoms with Crippen molar-refractivity contribution in [3.8, 4) is 6.07 Å². The van der Waals surface area contributed by atoms with Gasteiger partial charge in [0, 0.05) is 6.04 Å². The van der Waals surface area contributed by atoms with Crippen LogP contribution < -0.4 is 10.6 Å². The molecule has 4 nitrogen and oxygen atoms in total. The van der Waals surface area contributed by atoms with Gasteiger partial charge in [0.15, 0.2) is 0 Å². The van der Waals surface area contributed by atoms with Crippen molar-refractivity contribution in [1.29, 1.82) is 5.26 Å². The summed E-state index contributed by atoms with van der Waals surface area (Å²) in [5, 5.41) is 15.5. The Morgan fingerprint density at radius 1 is 1.35 bits per heavy atom. The van der Waals surface area contributed by atoms with Crippen molar-refractivity contribution < 1.29 is 4.79 Å². The summed E-state index contributed by atoms with van der Waals surface area (Å²) in [6.07, 6.45) is 3.43. The fraction of sp³-hybridized carbons (Fsp3) is 0.579. The number of hydrogen-bond acceptors (Lipinski definition) is 3. The quantitative estimate of drug-likeness (QED) is 0.848. The summed E-state index contributed by atoms with van der Waals surface area (Å²) in [5.41, 5.74) is 0.528. The zero-order valence-electron chi connectivity index (χ0n) is 14.3. The first-order valence-corrected chi connectivity index (χ1v) is 8.47. The molecule has 0 aromatic heterocycles. The normalized spacial score (nSPS) is 23.3. The number of nitriles is 1. The van der Waals surface area contributed by atoms with Gasteiger partial charge < -0.3 is 10.6 Å². The van der Waals surface area contributed by atoms with Gasteiger partial charge in [0.2, 0.25) is 5.91 Å². The highest BCUT2D eigenvalue weighted by Gasteiger charge is 2.31. The highest BCUT2D eigenvalue weighted by Crippen LogP contribution is 2.34. The van der Waals surface area contributed by atoms with Gasteiger partial charge in [-0.1, -0.05) is 50.6 Å². The zero-order valence-corrected chi connectivity index (χ0v) is 14.3. The second-order valence-corrected chi connectivity index (χ2v) is 6.95. The Kier molecular flexibility index (Phi) is 5.79. The molecule has 0 radical (unpaired) electrons. The van der Waals surface area contributed by atoms with Crippen molar-refractivity contribution >= 4 is 5.91 Å². The Morgan fingerprint density at radius 3 is 2.65 bits per heavy atom. The predicted octanol–water partition coefficient (Wildman–Crippen LogP) is 2.97. The van der Waals surface area contributed by atoms with Gasteiger partial charge in [0.05, 0.1) is 12.6 Å². The standard InChI is InChI=1S/C19H27N3O/c1-14(2)19(3,13-20)22-18(23)12-21-17-11-7-10-16(17)15-8-5-4-6-9-15/h4-6,8-9,14,16-17,21H,7,10-12H2,1-3H3,(H,22,23)/t16-,17-,19+/m1/s1. The lowest BCUT2D eigenvalue weighted by Gasteiger charge is -2.28. The van der Waals surface area contributed by atoms with Crippen LogP contribution in [0.4, 0.5) is 0 Å². The fourth-order valence-electron chi connectivity index (χ4n) is 3.16. The van der Waals surface area contributed by atoms with E-state index in [1.54, 1.807) is 6.92 Å². The van der Waals surface area contributed by atoms with Crippen molar-refractivity contribution in [2.24, 2.45) is 5.92 Å². The zero-order chi connectivity index (χ0) is 16.9. The summed E-state index contributed by atoms with van der Waals surface area (Å²) < 4.78 is 0. The molecule has 0 saturated heterocycles.